The van der Waals surface area contributed by atoms with Gasteiger partial charge in [0.15, 0.2) is 0 Å². The van der Waals surface area contributed by atoms with E-state index in [1.807, 2.05) is 12.1 Å². The van der Waals surface area contributed by atoms with E-state index in [-0.39, 0.29) is 5.91 Å². The second-order valence-corrected chi connectivity index (χ2v) is 5.58. The lowest BCUT2D eigenvalue weighted by atomic mass is 10.0. The second kappa shape index (κ2) is 6.71. The van der Waals surface area contributed by atoms with Crippen molar-refractivity contribution < 1.29 is 4.79 Å². The van der Waals surface area contributed by atoms with E-state index >= 15 is 0 Å². The predicted molar refractivity (Wildman–Crippen MR) is 79.3 cm³/mol. The second-order valence-electron chi connectivity index (χ2n) is 5.58. The van der Waals surface area contributed by atoms with E-state index < -0.39 is 0 Å². The van der Waals surface area contributed by atoms with Gasteiger partial charge in [0.2, 0.25) is 5.91 Å². The molecule has 0 aromatic heterocycles. The average Bonchev–Trinajstić information content (AvgIpc) is 2.39. The van der Waals surface area contributed by atoms with Crippen LogP contribution in [0.3, 0.4) is 0 Å². The smallest absolute Gasteiger partial charge is 0.238 e. The quantitative estimate of drug-likeness (QED) is 0.902. The number of carbonyl (C=O) groups is 1. The molecule has 1 aromatic carbocycles. The summed E-state index contributed by atoms with van der Waals surface area (Å²) in [6, 6.07) is 8.10. The van der Waals surface area contributed by atoms with Gasteiger partial charge in [0.25, 0.3) is 0 Å². The van der Waals surface area contributed by atoms with E-state index in [4.69, 9.17) is 0 Å². The minimum Gasteiger partial charge on any atom is -0.325 e. The number of piperidine rings is 1. The maximum Gasteiger partial charge on any atom is 0.238 e. The third kappa shape index (κ3) is 4.35. The number of likely N-dealkylation sites (tertiary alicyclic amines) is 1. The van der Waals surface area contributed by atoms with Crippen molar-refractivity contribution >= 4 is 11.6 Å². The van der Waals surface area contributed by atoms with Crippen molar-refractivity contribution in [2.75, 3.05) is 25.0 Å². The highest BCUT2D eigenvalue weighted by molar-refractivity contribution is 5.92. The minimum absolute atomic E-state index is 0.0957. The van der Waals surface area contributed by atoms with Crippen LogP contribution in [0.5, 0.6) is 0 Å². The molecule has 104 valence electrons. The molecular weight excluding hydrogens is 236 g/mol. The Kier molecular flexibility index (Phi) is 4.97. The molecule has 1 N–H and O–H groups in total. The van der Waals surface area contributed by atoms with Crippen LogP contribution in [0, 0.1) is 5.92 Å². The molecule has 1 saturated heterocycles. The van der Waals surface area contributed by atoms with Gasteiger partial charge in [0, 0.05) is 12.2 Å². The molecule has 0 saturated carbocycles. The Morgan fingerprint density at radius 2 is 2.11 bits per heavy atom. The van der Waals surface area contributed by atoms with Gasteiger partial charge in [-0.3, -0.25) is 9.69 Å². The summed E-state index contributed by atoms with van der Waals surface area (Å²) in [5, 5.41) is 2.97. The summed E-state index contributed by atoms with van der Waals surface area (Å²) in [5.74, 6) is 0.809. The Morgan fingerprint density at radius 1 is 1.37 bits per heavy atom. The van der Waals surface area contributed by atoms with E-state index in [2.05, 4.69) is 36.2 Å². The maximum absolute atomic E-state index is 12.0. The van der Waals surface area contributed by atoms with E-state index in [0.29, 0.717) is 12.5 Å². The van der Waals surface area contributed by atoms with Crippen molar-refractivity contribution in [3.05, 3.63) is 29.8 Å². The van der Waals surface area contributed by atoms with Crippen molar-refractivity contribution in [2.45, 2.75) is 33.1 Å². The predicted octanol–water partition coefficient (Wildman–Crippen LogP) is 2.92. The van der Waals surface area contributed by atoms with Crippen molar-refractivity contribution in [1.82, 2.24) is 4.90 Å². The molecule has 1 aliphatic rings. The molecule has 3 nitrogen and oxygen atoms in total. The third-order valence-corrected chi connectivity index (χ3v) is 3.75. The summed E-state index contributed by atoms with van der Waals surface area (Å²) in [6.45, 7) is 6.99. The number of carbonyl (C=O) groups excluding carboxylic acids is 1. The number of aryl methyl sites for hydroxylation is 1. The van der Waals surface area contributed by atoms with Gasteiger partial charge >= 0.3 is 0 Å². The Labute approximate surface area is 116 Å². The van der Waals surface area contributed by atoms with E-state index in [0.717, 1.165) is 25.2 Å². The van der Waals surface area contributed by atoms with Gasteiger partial charge < -0.3 is 5.32 Å². The molecule has 1 aromatic rings. The first kappa shape index (κ1) is 14.1. The molecule has 1 atom stereocenters. The number of nitrogens with zero attached hydrogens (tertiary/aromatic N) is 1. The molecule has 0 aliphatic carbocycles. The monoisotopic (exact) mass is 260 g/mol. The van der Waals surface area contributed by atoms with Crippen LogP contribution in [-0.2, 0) is 11.2 Å². The van der Waals surface area contributed by atoms with E-state index in [9.17, 15) is 4.79 Å². The first-order chi connectivity index (χ1) is 9.17. The van der Waals surface area contributed by atoms with Crippen molar-refractivity contribution in [3.8, 4) is 0 Å². The maximum atomic E-state index is 12.0. The minimum atomic E-state index is 0.0957. The number of rotatable bonds is 4. The molecule has 1 heterocycles. The highest BCUT2D eigenvalue weighted by Gasteiger charge is 2.18. The number of hydrogen-bond donors (Lipinski definition) is 1. The summed E-state index contributed by atoms with van der Waals surface area (Å²) in [6.07, 6.45) is 3.52. The van der Waals surface area contributed by atoms with Crippen LogP contribution in [0.1, 0.15) is 32.3 Å². The molecule has 1 amide bonds. The van der Waals surface area contributed by atoms with E-state index in [1.165, 1.54) is 18.4 Å². The fourth-order valence-corrected chi connectivity index (χ4v) is 2.66. The molecule has 0 bridgehead atoms. The van der Waals surface area contributed by atoms with Crippen molar-refractivity contribution in [1.29, 1.82) is 0 Å². The first-order valence-corrected chi connectivity index (χ1v) is 7.28. The lowest BCUT2D eigenvalue weighted by Gasteiger charge is -2.30. The zero-order chi connectivity index (χ0) is 13.7. The van der Waals surface area contributed by atoms with Crippen LogP contribution in [0.25, 0.3) is 0 Å². The average molecular weight is 260 g/mol. The van der Waals surface area contributed by atoms with Gasteiger partial charge in [-0.1, -0.05) is 26.0 Å². The molecule has 1 fully saturated rings. The number of amides is 1. The number of benzene rings is 1. The Morgan fingerprint density at radius 3 is 2.74 bits per heavy atom. The normalized spacial score (nSPS) is 20.2. The van der Waals surface area contributed by atoms with Crippen LogP contribution in [-0.4, -0.2) is 30.4 Å². The molecule has 1 aliphatic heterocycles. The number of hydrogen-bond acceptors (Lipinski definition) is 2. The van der Waals surface area contributed by atoms with Crippen LogP contribution in [0.15, 0.2) is 24.3 Å². The fraction of sp³-hybridized carbons (Fsp3) is 0.562. The van der Waals surface area contributed by atoms with Crippen molar-refractivity contribution in [3.63, 3.8) is 0 Å². The van der Waals surface area contributed by atoms with Gasteiger partial charge in [0.1, 0.15) is 0 Å². The Balaban J connectivity index is 1.83. The molecule has 0 radical (unpaired) electrons. The molecule has 0 unspecified atom stereocenters. The Bertz CT molecular complexity index is 413. The SMILES string of the molecule is CCc1ccc(NC(=O)CN2CCC[C@H](C)C2)cc1. The molecule has 19 heavy (non-hydrogen) atoms. The van der Waals surface area contributed by atoms with Gasteiger partial charge in [-0.05, 0) is 49.4 Å². The molecule has 2 rings (SSSR count). The summed E-state index contributed by atoms with van der Waals surface area (Å²) in [4.78, 5) is 14.2. The summed E-state index contributed by atoms with van der Waals surface area (Å²) < 4.78 is 0. The van der Waals surface area contributed by atoms with Gasteiger partial charge in [-0.2, -0.15) is 0 Å². The lowest BCUT2D eigenvalue weighted by molar-refractivity contribution is -0.117. The summed E-state index contributed by atoms with van der Waals surface area (Å²) in [5.41, 5.74) is 2.19. The zero-order valence-electron chi connectivity index (χ0n) is 12.0. The zero-order valence-corrected chi connectivity index (χ0v) is 12.0. The topological polar surface area (TPSA) is 32.3 Å². The highest BCUT2D eigenvalue weighted by Crippen LogP contribution is 2.15. The fourth-order valence-electron chi connectivity index (χ4n) is 2.66. The molecular formula is C16H24N2O. The standard InChI is InChI=1S/C16H24N2O/c1-3-14-6-8-15(9-7-14)17-16(19)12-18-10-4-5-13(2)11-18/h6-9,13H,3-5,10-12H2,1-2H3,(H,17,19)/t13-/m0/s1. The molecule has 0 spiro atoms. The largest absolute Gasteiger partial charge is 0.325 e. The third-order valence-electron chi connectivity index (χ3n) is 3.75. The van der Waals surface area contributed by atoms with Gasteiger partial charge in [-0.15, -0.1) is 0 Å². The molecule has 3 heteroatoms. The number of anilines is 1. The van der Waals surface area contributed by atoms with Crippen LogP contribution in [0.4, 0.5) is 5.69 Å². The number of nitrogens with one attached hydrogen (secondary N) is 1. The Hall–Kier alpha value is -1.35. The van der Waals surface area contributed by atoms with Crippen LogP contribution in [0.2, 0.25) is 0 Å². The van der Waals surface area contributed by atoms with E-state index in [1.54, 1.807) is 0 Å². The van der Waals surface area contributed by atoms with Crippen LogP contribution >= 0.6 is 0 Å². The van der Waals surface area contributed by atoms with Gasteiger partial charge in [0.05, 0.1) is 6.54 Å². The van der Waals surface area contributed by atoms with Gasteiger partial charge in [-0.25, -0.2) is 0 Å². The van der Waals surface area contributed by atoms with Crippen LogP contribution < -0.4 is 5.32 Å². The van der Waals surface area contributed by atoms with Crippen molar-refractivity contribution in [2.24, 2.45) is 5.92 Å². The first-order valence-electron chi connectivity index (χ1n) is 7.28. The summed E-state index contributed by atoms with van der Waals surface area (Å²) in [7, 11) is 0. The summed E-state index contributed by atoms with van der Waals surface area (Å²) >= 11 is 0. The highest BCUT2D eigenvalue weighted by atomic mass is 16.2. The lowest BCUT2D eigenvalue weighted by Crippen LogP contribution is -2.39.